The van der Waals surface area contributed by atoms with Crippen LogP contribution in [0.15, 0.2) is 0 Å². The molecule has 0 aliphatic carbocycles. The molecule has 0 aromatic heterocycles. The monoisotopic (exact) mass is 785 g/mol. The van der Waals surface area contributed by atoms with Gasteiger partial charge in [-0.3, -0.25) is 0 Å². The van der Waals surface area contributed by atoms with Crippen molar-refractivity contribution in [2.24, 2.45) is 0 Å². The van der Waals surface area contributed by atoms with Crippen LogP contribution in [0.4, 0.5) is 0 Å². The average Bonchev–Trinajstić information content (AvgIpc) is 3.16. The van der Waals surface area contributed by atoms with E-state index in [4.69, 9.17) is 22.9 Å². The fraction of sp³-hybridized carbons (Fsp3) is 1.00. The summed E-state index contributed by atoms with van der Waals surface area (Å²) in [6.07, 6.45) is 54.5. The van der Waals surface area contributed by atoms with E-state index >= 15 is 0 Å². The van der Waals surface area contributed by atoms with Gasteiger partial charge in [-0.1, -0.05) is 285 Å². The maximum absolute atomic E-state index is 7.00. The summed E-state index contributed by atoms with van der Waals surface area (Å²) < 4.78 is 0. The number of hydrogen-bond donors (Lipinski definition) is 0. The van der Waals surface area contributed by atoms with Gasteiger partial charge in [0.1, 0.15) is 0 Å². The third-order valence-corrected chi connectivity index (χ3v) is 10.1. The zero-order chi connectivity index (χ0) is 39.1. The van der Waals surface area contributed by atoms with Crippen molar-refractivity contribution in [3.05, 3.63) is 22.9 Å². The van der Waals surface area contributed by atoms with Gasteiger partial charge in [0.05, 0.1) is 0 Å². The Hall–Kier alpha value is 0.554. The van der Waals surface area contributed by atoms with Gasteiger partial charge in [-0.2, -0.15) is 26.2 Å². The molecule has 0 rings (SSSR count). The molecular formula is C48H104N4Ti. The Morgan fingerprint density at radius 2 is 0.264 bits per heavy atom. The Kier molecular flexibility index (Phi) is 83.3. The first-order valence-corrected chi connectivity index (χ1v) is 24.2. The van der Waals surface area contributed by atoms with Crippen molar-refractivity contribution in [1.29, 1.82) is 0 Å². The van der Waals surface area contributed by atoms with Crippen LogP contribution in [0.1, 0.15) is 285 Å². The fourth-order valence-electron chi connectivity index (χ4n) is 6.45. The summed E-state index contributed by atoms with van der Waals surface area (Å²) in [4.78, 5) is 0. The largest absolute Gasteiger partial charge is 4.00 e. The standard InChI is InChI=1S/4C12H26N.Ti/c4*1-2-3-4-5-6-7-8-9-10-11-12-13;/h4*13H,2-12H2,1H3;/q4*-1;+4. The van der Waals surface area contributed by atoms with Gasteiger partial charge in [0.25, 0.3) is 0 Å². The normalized spacial score (nSPS) is 10.4. The van der Waals surface area contributed by atoms with Crippen LogP contribution in [-0.4, -0.2) is 26.2 Å². The minimum atomic E-state index is 0. The van der Waals surface area contributed by atoms with Crippen LogP contribution in [-0.2, 0) is 21.7 Å². The van der Waals surface area contributed by atoms with E-state index in [1.54, 1.807) is 0 Å². The summed E-state index contributed by atoms with van der Waals surface area (Å²) in [5.41, 5.74) is 28.0. The summed E-state index contributed by atoms with van der Waals surface area (Å²) >= 11 is 0. The second-order valence-corrected chi connectivity index (χ2v) is 15.7. The molecule has 0 amide bonds. The molecule has 0 spiro atoms. The van der Waals surface area contributed by atoms with E-state index in [0.29, 0.717) is 26.2 Å². The molecule has 0 bridgehead atoms. The topological polar surface area (TPSA) is 95.2 Å². The van der Waals surface area contributed by atoms with Crippen LogP contribution < -0.4 is 0 Å². The maximum atomic E-state index is 7.00. The van der Waals surface area contributed by atoms with E-state index in [2.05, 4.69) is 27.7 Å². The third kappa shape index (κ3) is 81.7. The summed E-state index contributed by atoms with van der Waals surface area (Å²) in [5, 5.41) is 0. The predicted molar refractivity (Wildman–Crippen MR) is 244 cm³/mol. The Labute approximate surface area is 353 Å². The fourth-order valence-corrected chi connectivity index (χ4v) is 6.45. The van der Waals surface area contributed by atoms with Crippen molar-refractivity contribution in [3.8, 4) is 0 Å². The smallest absolute Gasteiger partial charge is 0.677 e. The van der Waals surface area contributed by atoms with Gasteiger partial charge in [-0.05, 0) is 0 Å². The summed E-state index contributed by atoms with van der Waals surface area (Å²) in [6.45, 7) is 11.5. The van der Waals surface area contributed by atoms with Crippen molar-refractivity contribution >= 4 is 0 Å². The molecule has 0 aromatic carbocycles. The number of rotatable bonds is 40. The Morgan fingerprint density at radius 3 is 0.358 bits per heavy atom. The molecule has 0 fully saturated rings. The molecule has 320 valence electrons. The third-order valence-electron chi connectivity index (χ3n) is 10.1. The van der Waals surface area contributed by atoms with Crippen LogP contribution >= 0.6 is 0 Å². The van der Waals surface area contributed by atoms with E-state index in [1.165, 1.54) is 231 Å². The van der Waals surface area contributed by atoms with E-state index < -0.39 is 0 Å². The van der Waals surface area contributed by atoms with Crippen molar-refractivity contribution in [2.75, 3.05) is 26.2 Å². The van der Waals surface area contributed by atoms with Gasteiger partial charge in [-0.15, -0.1) is 0 Å². The van der Waals surface area contributed by atoms with Crippen LogP contribution in [0, 0.1) is 0 Å². The summed E-state index contributed by atoms with van der Waals surface area (Å²) in [5.74, 6) is 0. The van der Waals surface area contributed by atoms with Crippen molar-refractivity contribution in [3.63, 3.8) is 0 Å². The first kappa shape index (κ1) is 62.7. The second-order valence-electron chi connectivity index (χ2n) is 15.7. The maximum Gasteiger partial charge on any atom is 4.00 e. The Bertz CT molecular complexity index is 380. The second kappa shape index (κ2) is 70.4. The minimum Gasteiger partial charge on any atom is -0.677 e. The zero-order valence-electron chi connectivity index (χ0n) is 37.6. The van der Waals surface area contributed by atoms with Gasteiger partial charge >= 0.3 is 21.7 Å². The number of nitrogens with one attached hydrogen (secondary N) is 4. The first-order chi connectivity index (χ1) is 25.7. The molecule has 5 heteroatoms. The Balaban J connectivity index is -0.000000192. The van der Waals surface area contributed by atoms with Gasteiger partial charge < -0.3 is 22.9 Å². The molecule has 0 saturated carbocycles. The summed E-state index contributed by atoms with van der Waals surface area (Å²) in [7, 11) is 0. The molecule has 0 aliphatic heterocycles. The minimum absolute atomic E-state index is 0. The van der Waals surface area contributed by atoms with Crippen molar-refractivity contribution in [2.45, 2.75) is 285 Å². The molecule has 4 N–H and O–H groups in total. The van der Waals surface area contributed by atoms with Gasteiger partial charge in [-0.25, -0.2) is 0 Å². The molecule has 0 saturated heterocycles. The van der Waals surface area contributed by atoms with Crippen LogP contribution in [0.3, 0.4) is 0 Å². The van der Waals surface area contributed by atoms with Gasteiger partial charge in [0.2, 0.25) is 0 Å². The quantitative estimate of drug-likeness (QED) is 0.0437. The molecule has 53 heavy (non-hydrogen) atoms. The summed E-state index contributed by atoms with van der Waals surface area (Å²) in [6, 6.07) is 0. The molecule has 0 atom stereocenters. The van der Waals surface area contributed by atoms with E-state index in [0.717, 1.165) is 25.7 Å². The number of hydrogen-bond acceptors (Lipinski definition) is 0. The molecule has 0 aromatic rings. The molecule has 4 nitrogen and oxygen atoms in total. The predicted octanol–water partition coefficient (Wildman–Crippen LogP) is 19.8. The SMILES string of the molecule is CCCCCCCCCCCC[NH-].CCCCCCCCCCCC[NH-].CCCCCCCCCCCC[NH-].CCCCCCCCCCCC[NH-].[Ti+4]. The van der Waals surface area contributed by atoms with Crippen LogP contribution in [0.5, 0.6) is 0 Å². The van der Waals surface area contributed by atoms with E-state index in [1.807, 2.05) is 0 Å². The molecule has 0 heterocycles. The van der Waals surface area contributed by atoms with Crippen molar-refractivity contribution in [1.82, 2.24) is 0 Å². The first-order valence-electron chi connectivity index (χ1n) is 24.2. The zero-order valence-corrected chi connectivity index (χ0v) is 39.2. The van der Waals surface area contributed by atoms with Gasteiger partial charge in [0, 0.05) is 0 Å². The van der Waals surface area contributed by atoms with Crippen LogP contribution in [0.25, 0.3) is 22.9 Å². The van der Waals surface area contributed by atoms with Crippen molar-refractivity contribution < 1.29 is 21.7 Å². The van der Waals surface area contributed by atoms with E-state index in [9.17, 15) is 0 Å². The average molecular weight is 785 g/mol. The molecular weight excluding hydrogens is 680 g/mol. The Morgan fingerprint density at radius 1 is 0.170 bits per heavy atom. The number of unbranched alkanes of at least 4 members (excludes halogenated alkanes) is 36. The van der Waals surface area contributed by atoms with Crippen LogP contribution in [0.2, 0.25) is 0 Å². The van der Waals surface area contributed by atoms with E-state index in [-0.39, 0.29) is 21.7 Å². The van der Waals surface area contributed by atoms with Gasteiger partial charge in [0.15, 0.2) is 0 Å². The molecule has 0 unspecified atom stereocenters. The molecule has 0 aliphatic rings. The molecule has 0 radical (unpaired) electrons.